The van der Waals surface area contributed by atoms with Crippen molar-refractivity contribution in [3.05, 3.63) is 53.3 Å². The molecule has 0 aliphatic carbocycles. The average Bonchev–Trinajstić information content (AvgIpc) is 3.09. The van der Waals surface area contributed by atoms with Crippen LogP contribution in [-0.4, -0.2) is 36.5 Å². The molecule has 1 aromatic heterocycles. The summed E-state index contributed by atoms with van der Waals surface area (Å²) < 4.78 is 15.5. The fourth-order valence-corrected chi connectivity index (χ4v) is 2.87. The third-order valence-electron chi connectivity index (χ3n) is 4.06. The van der Waals surface area contributed by atoms with E-state index in [1.807, 2.05) is 24.3 Å². The molecule has 0 bridgehead atoms. The van der Waals surface area contributed by atoms with Gasteiger partial charge >= 0.3 is 5.97 Å². The van der Waals surface area contributed by atoms with Gasteiger partial charge in [0.2, 0.25) is 0 Å². The Bertz CT molecular complexity index is 751. The number of hydrogen-bond acceptors (Lipinski definition) is 5. The Hall–Kier alpha value is -2.76. The molecule has 0 fully saturated rings. The molecule has 6 heteroatoms. The summed E-state index contributed by atoms with van der Waals surface area (Å²) in [6.45, 7) is 2.35. The maximum absolute atomic E-state index is 12.8. The summed E-state index contributed by atoms with van der Waals surface area (Å²) in [6, 6.07) is 10.2. The van der Waals surface area contributed by atoms with Crippen LogP contribution in [0, 0.1) is 0 Å². The van der Waals surface area contributed by atoms with Crippen LogP contribution in [-0.2, 0) is 22.5 Å². The number of benzene rings is 1. The molecule has 126 valence electrons. The lowest BCUT2D eigenvalue weighted by molar-refractivity contribution is -0.149. The van der Waals surface area contributed by atoms with Gasteiger partial charge in [0, 0.05) is 19.0 Å². The Balaban J connectivity index is 1.92. The molecule has 2 heterocycles. The van der Waals surface area contributed by atoms with E-state index in [-0.39, 0.29) is 24.2 Å². The summed E-state index contributed by atoms with van der Waals surface area (Å²) in [7, 11) is 1.46. The first-order valence-corrected chi connectivity index (χ1v) is 7.82. The SMILES string of the molecule is CCOC(=O)C1Cc2ccccc2CN1C(=O)c1ccc(OC)o1. The van der Waals surface area contributed by atoms with Gasteiger partial charge in [0.1, 0.15) is 6.04 Å². The molecule has 0 radical (unpaired) electrons. The first-order valence-electron chi connectivity index (χ1n) is 7.82. The molecule has 0 N–H and O–H groups in total. The van der Waals surface area contributed by atoms with Crippen LogP contribution < -0.4 is 4.74 Å². The second-order valence-electron chi connectivity index (χ2n) is 5.50. The van der Waals surface area contributed by atoms with Crippen LogP contribution in [0.2, 0.25) is 0 Å². The van der Waals surface area contributed by atoms with Gasteiger partial charge in [-0.3, -0.25) is 4.79 Å². The zero-order chi connectivity index (χ0) is 17.1. The zero-order valence-electron chi connectivity index (χ0n) is 13.7. The Kier molecular flexibility index (Phi) is 4.55. The lowest BCUT2D eigenvalue weighted by Crippen LogP contribution is -2.49. The summed E-state index contributed by atoms with van der Waals surface area (Å²) in [6.07, 6.45) is 0.429. The van der Waals surface area contributed by atoms with Crippen LogP contribution in [0.1, 0.15) is 28.6 Å². The molecule has 0 saturated heterocycles. The van der Waals surface area contributed by atoms with Crippen LogP contribution in [0.5, 0.6) is 5.95 Å². The number of rotatable bonds is 4. The Morgan fingerprint density at radius 3 is 2.62 bits per heavy atom. The fraction of sp³-hybridized carbons (Fsp3) is 0.333. The van der Waals surface area contributed by atoms with Gasteiger partial charge in [-0.25, -0.2) is 4.79 Å². The molecule has 0 saturated carbocycles. The van der Waals surface area contributed by atoms with Crippen molar-refractivity contribution in [2.24, 2.45) is 0 Å². The maximum atomic E-state index is 12.8. The summed E-state index contributed by atoms with van der Waals surface area (Å²) in [5.41, 5.74) is 2.07. The zero-order valence-corrected chi connectivity index (χ0v) is 13.7. The number of carbonyl (C=O) groups excluding carboxylic acids is 2. The number of hydrogen-bond donors (Lipinski definition) is 0. The van der Waals surface area contributed by atoms with Crippen molar-refractivity contribution in [2.45, 2.75) is 25.9 Å². The van der Waals surface area contributed by atoms with E-state index in [1.165, 1.54) is 12.0 Å². The predicted molar refractivity (Wildman–Crippen MR) is 85.7 cm³/mol. The van der Waals surface area contributed by atoms with E-state index < -0.39 is 12.0 Å². The average molecular weight is 329 g/mol. The summed E-state index contributed by atoms with van der Waals surface area (Å²) in [5, 5.41) is 0. The third-order valence-corrected chi connectivity index (χ3v) is 4.06. The van der Waals surface area contributed by atoms with Crippen LogP contribution in [0.3, 0.4) is 0 Å². The van der Waals surface area contributed by atoms with Crippen molar-refractivity contribution in [1.29, 1.82) is 0 Å². The van der Waals surface area contributed by atoms with Gasteiger partial charge in [0.05, 0.1) is 13.7 Å². The predicted octanol–water partition coefficient (Wildman–Crippen LogP) is 2.42. The highest BCUT2D eigenvalue weighted by atomic mass is 16.6. The van der Waals surface area contributed by atoms with Crippen LogP contribution >= 0.6 is 0 Å². The molecule has 0 spiro atoms. The van der Waals surface area contributed by atoms with Crippen molar-refractivity contribution in [1.82, 2.24) is 4.90 Å². The largest absolute Gasteiger partial charge is 0.468 e. The van der Waals surface area contributed by atoms with E-state index in [1.54, 1.807) is 19.1 Å². The Labute approximate surface area is 140 Å². The number of amides is 1. The van der Waals surface area contributed by atoms with Crippen molar-refractivity contribution in [3.63, 3.8) is 0 Å². The highest BCUT2D eigenvalue weighted by Crippen LogP contribution is 2.27. The number of carbonyl (C=O) groups is 2. The standard InChI is InChI=1S/C18H19NO5/c1-3-23-18(21)14-10-12-6-4-5-7-13(12)11-19(14)17(20)15-8-9-16(22-2)24-15/h4-9,14H,3,10-11H2,1-2H3. The second-order valence-corrected chi connectivity index (χ2v) is 5.50. The van der Waals surface area contributed by atoms with E-state index in [2.05, 4.69) is 0 Å². The van der Waals surface area contributed by atoms with Crippen LogP contribution in [0.15, 0.2) is 40.8 Å². The maximum Gasteiger partial charge on any atom is 0.329 e. The highest BCUT2D eigenvalue weighted by molar-refractivity contribution is 5.95. The molecule has 1 atom stereocenters. The topological polar surface area (TPSA) is 69.0 Å². The van der Waals surface area contributed by atoms with Crippen molar-refractivity contribution < 1.29 is 23.5 Å². The number of ether oxygens (including phenoxy) is 2. The minimum Gasteiger partial charge on any atom is -0.468 e. The molecule has 1 aromatic carbocycles. The Morgan fingerprint density at radius 1 is 1.21 bits per heavy atom. The van der Waals surface area contributed by atoms with Crippen molar-refractivity contribution in [2.75, 3.05) is 13.7 Å². The normalized spacial score (nSPS) is 16.4. The molecule has 1 amide bonds. The summed E-state index contributed by atoms with van der Waals surface area (Å²) >= 11 is 0. The van der Waals surface area contributed by atoms with Gasteiger partial charge in [-0.2, -0.15) is 0 Å². The number of nitrogens with zero attached hydrogens (tertiary/aromatic N) is 1. The summed E-state index contributed by atoms with van der Waals surface area (Å²) in [5.74, 6) is -0.367. The number of methoxy groups -OCH3 is 1. The smallest absolute Gasteiger partial charge is 0.329 e. The molecule has 2 aromatic rings. The van der Waals surface area contributed by atoms with Crippen LogP contribution in [0.4, 0.5) is 0 Å². The molecule has 3 rings (SSSR count). The third kappa shape index (κ3) is 2.99. The quantitative estimate of drug-likeness (QED) is 0.806. The molecular weight excluding hydrogens is 310 g/mol. The van der Waals surface area contributed by atoms with Gasteiger partial charge in [-0.1, -0.05) is 24.3 Å². The van der Waals surface area contributed by atoms with Crippen LogP contribution in [0.25, 0.3) is 0 Å². The minimum absolute atomic E-state index is 0.139. The molecule has 24 heavy (non-hydrogen) atoms. The minimum atomic E-state index is -0.663. The highest BCUT2D eigenvalue weighted by Gasteiger charge is 2.37. The molecule has 1 aliphatic rings. The van der Waals surface area contributed by atoms with Gasteiger partial charge in [-0.15, -0.1) is 0 Å². The first kappa shape index (κ1) is 16.1. The molecular formula is C18H19NO5. The van der Waals surface area contributed by atoms with E-state index in [4.69, 9.17) is 13.9 Å². The second kappa shape index (κ2) is 6.78. The van der Waals surface area contributed by atoms with Gasteiger partial charge < -0.3 is 18.8 Å². The summed E-state index contributed by atoms with van der Waals surface area (Å²) in [4.78, 5) is 26.7. The van der Waals surface area contributed by atoms with E-state index >= 15 is 0 Å². The number of fused-ring (bicyclic) bond motifs is 1. The van der Waals surface area contributed by atoms with E-state index in [9.17, 15) is 9.59 Å². The van der Waals surface area contributed by atoms with Gasteiger partial charge in [0.15, 0.2) is 5.76 Å². The van der Waals surface area contributed by atoms with E-state index in [0.29, 0.717) is 13.0 Å². The molecule has 1 aliphatic heterocycles. The lowest BCUT2D eigenvalue weighted by atomic mass is 9.93. The Morgan fingerprint density at radius 2 is 1.96 bits per heavy atom. The monoisotopic (exact) mass is 329 g/mol. The number of furan rings is 1. The molecule has 1 unspecified atom stereocenters. The van der Waals surface area contributed by atoms with Gasteiger partial charge in [0.25, 0.3) is 11.9 Å². The van der Waals surface area contributed by atoms with Gasteiger partial charge in [-0.05, 0) is 24.1 Å². The fourth-order valence-electron chi connectivity index (χ4n) is 2.87. The van der Waals surface area contributed by atoms with E-state index in [0.717, 1.165) is 11.1 Å². The molecule has 6 nitrogen and oxygen atoms in total. The first-order chi connectivity index (χ1) is 11.6. The lowest BCUT2D eigenvalue weighted by Gasteiger charge is -2.34. The number of esters is 1. The van der Waals surface area contributed by atoms with Crippen molar-refractivity contribution >= 4 is 11.9 Å². The van der Waals surface area contributed by atoms with Crippen molar-refractivity contribution in [3.8, 4) is 5.95 Å².